The lowest BCUT2D eigenvalue weighted by Gasteiger charge is -2.41. The average Bonchev–Trinajstić information content (AvgIpc) is 2.54. The van der Waals surface area contributed by atoms with E-state index in [1.807, 2.05) is 32.0 Å². The Hall–Kier alpha value is -2.10. The Morgan fingerprint density at radius 2 is 2.12 bits per heavy atom. The Morgan fingerprint density at radius 1 is 1.38 bits per heavy atom. The molecule has 1 aliphatic carbocycles. The average molecular weight is 341 g/mol. The van der Waals surface area contributed by atoms with Crippen LogP contribution in [0.2, 0.25) is 0 Å². The molecule has 2 atom stereocenters. The minimum atomic E-state index is -0.581. The summed E-state index contributed by atoms with van der Waals surface area (Å²) in [5.41, 5.74) is 2.25. The maximum Gasteiger partial charge on any atom is 0.266 e. The number of hydrogen-bond donors (Lipinski definition) is 1. The van der Waals surface area contributed by atoms with Gasteiger partial charge in [-0.05, 0) is 41.2 Å². The fourth-order valence-corrected chi connectivity index (χ4v) is 4.49. The molecule has 1 aliphatic rings. The van der Waals surface area contributed by atoms with Crippen molar-refractivity contribution in [2.75, 3.05) is 0 Å². The van der Waals surface area contributed by atoms with Crippen LogP contribution in [0.1, 0.15) is 35.8 Å². The van der Waals surface area contributed by atoms with Gasteiger partial charge < -0.3 is 5.11 Å². The summed E-state index contributed by atoms with van der Waals surface area (Å²) in [6.07, 6.45) is 0.176. The van der Waals surface area contributed by atoms with E-state index in [0.717, 1.165) is 17.5 Å². The zero-order chi connectivity index (χ0) is 17.5. The largest absolute Gasteiger partial charge is 0.391 e. The maximum atomic E-state index is 11.5. The van der Waals surface area contributed by atoms with Crippen LogP contribution in [0.25, 0.3) is 0 Å². The van der Waals surface area contributed by atoms with Crippen LogP contribution in [0, 0.1) is 16.7 Å². The van der Waals surface area contributed by atoms with Gasteiger partial charge in [0.25, 0.3) is 5.56 Å². The molecule has 1 heterocycles. The summed E-state index contributed by atoms with van der Waals surface area (Å²) in [7, 11) is 1.61. The summed E-state index contributed by atoms with van der Waals surface area (Å²) in [6.45, 7) is 4.08. The van der Waals surface area contributed by atoms with Crippen LogP contribution in [-0.2, 0) is 13.5 Å². The minimum absolute atomic E-state index is 0.170. The first-order valence-electron chi connectivity index (χ1n) is 7.74. The lowest BCUT2D eigenvalue weighted by Crippen LogP contribution is -2.40. The monoisotopic (exact) mass is 341 g/mol. The Bertz CT molecular complexity index is 883. The third-order valence-corrected chi connectivity index (χ3v) is 5.72. The SMILES string of the molecule is Cn1nc(SC2c3cc(C#N)ccc3CC(C)(C)C2O)ccc1=O. The van der Waals surface area contributed by atoms with Gasteiger partial charge in [-0.1, -0.05) is 31.7 Å². The van der Waals surface area contributed by atoms with E-state index in [0.29, 0.717) is 10.6 Å². The predicted molar refractivity (Wildman–Crippen MR) is 92.7 cm³/mol. The second-order valence-electron chi connectivity index (χ2n) is 6.81. The van der Waals surface area contributed by atoms with Crippen LogP contribution in [-0.4, -0.2) is 21.0 Å². The number of aromatic nitrogens is 2. The van der Waals surface area contributed by atoms with E-state index >= 15 is 0 Å². The van der Waals surface area contributed by atoms with Gasteiger partial charge in [0, 0.05) is 13.1 Å². The van der Waals surface area contributed by atoms with Gasteiger partial charge in [-0.2, -0.15) is 10.4 Å². The molecule has 1 aromatic carbocycles. The van der Waals surface area contributed by atoms with Crippen LogP contribution in [0.3, 0.4) is 0 Å². The first-order chi connectivity index (χ1) is 11.3. The fourth-order valence-electron chi connectivity index (χ4n) is 3.07. The molecule has 2 aromatic rings. The molecule has 6 heteroatoms. The Labute approximate surface area is 144 Å². The summed E-state index contributed by atoms with van der Waals surface area (Å²) in [6, 6.07) is 11.0. The van der Waals surface area contributed by atoms with E-state index in [4.69, 9.17) is 0 Å². The first-order valence-corrected chi connectivity index (χ1v) is 8.62. The molecule has 3 rings (SSSR count). The molecule has 0 amide bonds. The maximum absolute atomic E-state index is 11.5. The van der Waals surface area contributed by atoms with Crippen molar-refractivity contribution in [1.82, 2.24) is 9.78 Å². The van der Waals surface area contributed by atoms with Crippen molar-refractivity contribution < 1.29 is 5.11 Å². The molecule has 0 saturated carbocycles. The summed E-state index contributed by atoms with van der Waals surface area (Å²) in [5, 5.41) is 24.8. The van der Waals surface area contributed by atoms with Crippen molar-refractivity contribution in [2.45, 2.75) is 36.6 Å². The van der Waals surface area contributed by atoms with Crippen LogP contribution in [0.5, 0.6) is 0 Å². The zero-order valence-corrected chi connectivity index (χ0v) is 14.7. The molecular formula is C18H19N3O2S. The van der Waals surface area contributed by atoms with Gasteiger partial charge in [-0.3, -0.25) is 4.79 Å². The summed E-state index contributed by atoms with van der Waals surface area (Å²) < 4.78 is 1.29. The van der Waals surface area contributed by atoms with E-state index in [9.17, 15) is 15.2 Å². The molecule has 1 N–H and O–H groups in total. The van der Waals surface area contributed by atoms with Gasteiger partial charge in [0.2, 0.25) is 0 Å². The normalized spacial score (nSPS) is 21.8. The number of thioether (sulfide) groups is 1. The number of fused-ring (bicyclic) bond motifs is 1. The Morgan fingerprint density at radius 3 is 2.79 bits per heavy atom. The third kappa shape index (κ3) is 2.97. The number of aryl methyl sites for hydroxylation is 1. The van der Waals surface area contributed by atoms with E-state index in [2.05, 4.69) is 11.2 Å². The second-order valence-corrected chi connectivity index (χ2v) is 7.97. The summed E-state index contributed by atoms with van der Waals surface area (Å²) in [5.74, 6) is 0. The molecule has 5 nitrogen and oxygen atoms in total. The zero-order valence-electron chi connectivity index (χ0n) is 13.9. The Balaban J connectivity index is 2.06. The molecule has 0 saturated heterocycles. The highest BCUT2D eigenvalue weighted by Gasteiger charge is 2.41. The van der Waals surface area contributed by atoms with Crippen molar-refractivity contribution >= 4 is 11.8 Å². The number of hydrogen-bond acceptors (Lipinski definition) is 5. The predicted octanol–water partition coefficient (Wildman–Crippen LogP) is 2.43. The van der Waals surface area contributed by atoms with Gasteiger partial charge >= 0.3 is 0 Å². The molecule has 2 unspecified atom stereocenters. The second kappa shape index (κ2) is 6.08. The fraction of sp³-hybridized carbons (Fsp3) is 0.389. The summed E-state index contributed by atoms with van der Waals surface area (Å²) >= 11 is 1.43. The van der Waals surface area contributed by atoms with Crippen molar-refractivity contribution in [1.29, 1.82) is 5.26 Å². The van der Waals surface area contributed by atoms with E-state index < -0.39 is 6.10 Å². The molecule has 0 aliphatic heterocycles. The standard InChI is InChI=1S/C18H19N3O2S/c1-18(2)9-12-5-4-11(10-19)8-13(12)16(17(18)23)24-14-6-7-15(22)21(3)20-14/h4-8,16-17,23H,9H2,1-3H3. The molecule has 24 heavy (non-hydrogen) atoms. The number of nitrogens with zero attached hydrogens (tertiary/aromatic N) is 3. The van der Waals surface area contributed by atoms with Crippen molar-refractivity contribution in [2.24, 2.45) is 12.5 Å². The topological polar surface area (TPSA) is 78.9 Å². The molecule has 124 valence electrons. The van der Waals surface area contributed by atoms with Gasteiger partial charge in [0.1, 0.15) is 5.03 Å². The number of rotatable bonds is 2. The van der Waals surface area contributed by atoms with Crippen molar-refractivity contribution in [3.63, 3.8) is 0 Å². The van der Waals surface area contributed by atoms with Gasteiger partial charge in [-0.15, -0.1) is 0 Å². The van der Waals surface area contributed by atoms with Crippen LogP contribution < -0.4 is 5.56 Å². The molecule has 0 radical (unpaired) electrons. The molecule has 0 fully saturated rings. The lowest BCUT2D eigenvalue weighted by atomic mass is 9.71. The highest BCUT2D eigenvalue weighted by Crippen LogP contribution is 2.49. The molecular weight excluding hydrogens is 322 g/mol. The van der Waals surface area contributed by atoms with Crippen LogP contribution in [0.15, 0.2) is 40.2 Å². The molecule has 0 spiro atoms. The highest BCUT2D eigenvalue weighted by molar-refractivity contribution is 7.99. The molecule has 0 bridgehead atoms. The van der Waals surface area contributed by atoms with Gasteiger partial charge in [-0.25, -0.2) is 4.68 Å². The first kappa shape index (κ1) is 16.7. The van der Waals surface area contributed by atoms with E-state index in [1.165, 1.54) is 22.5 Å². The van der Waals surface area contributed by atoms with E-state index in [1.54, 1.807) is 13.1 Å². The highest BCUT2D eigenvalue weighted by atomic mass is 32.2. The minimum Gasteiger partial charge on any atom is -0.391 e. The third-order valence-electron chi connectivity index (χ3n) is 4.50. The number of aliphatic hydroxyl groups excluding tert-OH is 1. The Kier molecular flexibility index (Phi) is 4.24. The van der Waals surface area contributed by atoms with Crippen LogP contribution >= 0.6 is 11.8 Å². The number of benzene rings is 1. The van der Waals surface area contributed by atoms with Crippen molar-refractivity contribution in [3.05, 3.63) is 57.4 Å². The number of nitriles is 1. The van der Waals surface area contributed by atoms with Crippen molar-refractivity contribution in [3.8, 4) is 6.07 Å². The van der Waals surface area contributed by atoms with Gasteiger partial charge in [0.05, 0.1) is 23.0 Å². The van der Waals surface area contributed by atoms with Crippen LogP contribution in [0.4, 0.5) is 0 Å². The number of aliphatic hydroxyl groups is 1. The molecule has 1 aromatic heterocycles. The quantitative estimate of drug-likeness (QED) is 0.907. The van der Waals surface area contributed by atoms with E-state index in [-0.39, 0.29) is 16.2 Å². The summed E-state index contributed by atoms with van der Waals surface area (Å²) in [4.78, 5) is 11.5. The lowest BCUT2D eigenvalue weighted by molar-refractivity contribution is 0.0398. The van der Waals surface area contributed by atoms with Gasteiger partial charge in [0.15, 0.2) is 0 Å². The smallest absolute Gasteiger partial charge is 0.266 e.